The highest BCUT2D eigenvalue weighted by Crippen LogP contribution is 2.15. The van der Waals surface area contributed by atoms with E-state index in [2.05, 4.69) is 10.3 Å². The Hall–Kier alpha value is -3.20. The number of nitrogens with one attached hydrogen (secondary N) is 1. The summed E-state index contributed by atoms with van der Waals surface area (Å²) in [4.78, 5) is 29.2. The Bertz CT molecular complexity index is 738. The van der Waals surface area contributed by atoms with E-state index in [1.807, 2.05) is 6.07 Å². The molecule has 0 aliphatic carbocycles. The van der Waals surface area contributed by atoms with Gasteiger partial charge >= 0.3 is 0 Å². The van der Waals surface area contributed by atoms with Crippen LogP contribution in [-0.4, -0.2) is 29.9 Å². The van der Waals surface area contributed by atoms with Crippen LogP contribution in [0.4, 0.5) is 5.69 Å². The van der Waals surface area contributed by atoms with Crippen molar-refractivity contribution in [3.05, 3.63) is 59.9 Å². The minimum absolute atomic E-state index is 0.157. The molecule has 0 aliphatic rings. The molecule has 0 aliphatic heterocycles. The van der Waals surface area contributed by atoms with Crippen molar-refractivity contribution >= 4 is 17.5 Å². The predicted molar refractivity (Wildman–Crippen MR) is 85.8 cm³/mol. The number of hydrogen-bond donors (Lipinski definition) is 1. The Morgan fingerprint density at radius 3 is 2.78 bits per heavy atom. The van der Waals surface area contributed by atoms with Crippen LogP contribution >= 0.6 is 0 Å². The molecule has 0 saturated heterocycles. The van der Waals surface area contributed by atoms with E-state index >= 15 is 0 Å². The number of nitriles is 1. The fourth-order valence-electron chi connectivity index (χ4n) is 2.09. The number of amides is 2. The molecule has 1 heterocycles. The van der Waals surface area contributed by atoms with E-state index in [4.69, 9.17) is 5.26 Å². The van der Waals surface area contributed by atoms with Crippen LogP contribution in [0.25, 0.3) is 0 Å². The molecule has 0 saturated carbocycles. The summed E-state index contributed by atoms with van der Waals surface area (Å²) >= 11 is 0. The van der Waals surface area contributed by atoms with Crippen LogP contribution in [0.15, 0.2) is 48.8 Å². The van der Waals surface area contributed by atoms with Gasteiger partial charge in [-0.15, -0.1) is 0 Å². The number of carbonyl (C=O) groups is 2. The van der Waals surface area contributed by atoms with Crippen LogP contribution < -0.4 is 10.2 Å². The SMILES string of the molecule is CC(=O)N(CCNC(=O)c1cccnc1)c1cccc(C#N)c1. The number of benzene rings is 1. The first-order chi connectivity index (χ1) is 11.1. The number of carbonyl (C=O) groups excluding carboxylic acids is 2. The minimum atomic E-state index is -0.243. The molecule has 0 radical (unpaired) electrons. The summed E-state index contributed by atoms with van der Waals surface area (Å²) in [7, 11) is 0. The topological polar surface area (TPSA) is 86.1 Å². The summed E-state index contributed by atoms with van der Waals surface area (Å²) in [6.07, 6.45) is 3.07. The van der Waals surface area contributed by atoms with Crippen molar-refractivity contribution in [1.82, 2.24) is 10.3 Å². The van der Waals surface area contributed by atoms with Gasteiger partial charge in [-0.25, -0.2) is 0 Å². The van der Waals surface area contributed by atoms with Gasteiger partial charge in [-0.2, -0.15) is 5.26 Å². The molecule has 1 N–H and O–H groups in total. The van der Waals surface area contributed by atoms with Gasteiger partial charge in [0.15, 0.2) is 0 Å². The number of rotatable bonds is 5. The molecule has 2 amide bonds. The molecule has 6 heteroatoms. The van der Waals surface area contributed by atoms with Crippen molar-refractivity contribution in [2.45, 2.75) is 6.92 Å². The molecule has 0 unspecified atom stereocenters. The van der Waals surface area contributed by atoms with Crippen molar-refractivity contribution in [3.8, 4) is 6.07 Å². The minimum Gasteiger partial charge on any atom is -0.350 e. The van der Waals surface area contributed by atoms with Gasteiger partial charge in [0.1, 0.15) is 0 Å². The molecule has 1 aromatic heterocycles. The zero-order valence-corrected chi connectivity index (χ0v) is 12.7. The summed E-state index contributed by atoms with van der Waals surface area (Å²) in [5, 5.41) is 11.7. The zero-order chi connectivity index (χ0) is 16.7. The second-order valence-corrected chi connectivity index (χ2v) is 4.83. The first-order valence-corrected chi connectivity index (χ1v) is 7.08. The maximum absolute atomic E-state index is 11.9. The van der Waals surface area contributed by atoms with Crippen LogP contribution in [-0.2, 0) is 4.79 Å². The first-order valence-electron chi connectivity index (χ1n) is 7.08. The third-order valence-electron chi connectivity index (χ3n) is 3.21. The highest BCUT2D eigenvalue weighted by Gasteiger charge is 2.12. The van der Waals surface area contributed by atoms with Crippen molar-refractivity contribution in [2.75, 3.05) is 18.0 Å². The van der Waals surface area contributed by atoms with E-state index in [0.717, 1.165) is 0 Å². The second kappa shape index (κ2) is 7.71. The van der Waals surface area contributed by atoms with E-state index in [0.29, 0.717) is 29.9 Å². The lowest BCUT2D eigenvalue weighted by molar-refractivity contribution is -0.116. The molecular formula is C17H16N4O2. The van der Waals surface area contributed by atoms with Gasteiger partial charge in [0.2, 0.25) is 5.91 Å². The maximum atomic E-state index is 11.9. The van der Waals surface area contributed by atoms with E-state index in [9.17, 15) is 9.59 Å². The molecule has 6 nitrogen and oxygen atoms in total. The van der Waals surface area contributed by atoms with E-state index in [1.165, 1.54) is 18.0 Å². The lowest BCUT2D eigenvalue weighted by Gasteiger charge is -2.21. The Kier molecular flexibility index (Phi) is 5.42. The summed E-state index contributed by atoms with van der Waals surface area (Å²) < 4.78 is 0. The van der Waals surface area contributed by atoms with Crippen LogP contribution in [0, 0.1) is 11.3 Å². The molecule has 0 bridgehead atoms. The van der Waals surface area contributed by atoms with Gasteiger partial charge in [-0.05, 0) is 30.3 Å². The standard InChI is InChI=1S/C17H16N4O2/c1-13(22)21(16-6-2-4-14(10-16)11-18)9-8-20-17(23)15-5-3-7-19-12-15/h2-7,10,12H,8-9H2,1H3,(H,20,23). The molecule has 2 rings (SSSR count). The first kappa shape index (κ1) is 16.2. The fourth-order valence-corrected chi connectivity index (χ4v) is 2.09. The molecule has 116 valence electrons. The van der Waals surface area contributed by atoms with Crippen LogP contribution in [0.5, 0.6) is 0 Å². The second-order valence-electron chi connectivity index (χ2n) is 4.83. The predicted octanol–water partition coefficient (Wildman–Crippen LogP) is 1.74. The smallest absolute Gasteiger partial charge is 0.252 e. The normalized spacial score (nSPS) is 9.74. The number of pyridine rings is 1. The number of hydrogen-bond acceptors (Lipinski definition) is 4. The quantitative estimate of drug-likeness (QED) is 0.911. The van der Waals surface area contributed by atoms with Gasteiger partial charge in [-0.1, -0.05) is 6.07 Å². The summed E-state index contributed by atoms with van der Waals surface area (Å²) in [5.74, 6) is -0.400. The number of anilines is 1. The van der Waals surface area contributed by atoms with Crippen LogP contribution in [0.1, 0.15) is 22.8 Å². The van der Waals surface area contributed by atoms with Crippen LogP contribution in [0.3, 0.4) is 0 Å². The Labute approximate surface area is 134 Å². The van der Waals surface area contributed by atoms with Crippen molar-refractivity contribution < 1.29 is 9.59 Å². The average molecular weight is 308 g/mol. The highest BCUT2D eigenvalue weighted by molar-refractivity contribution is 5.94. The monoisotopic (exact) mass is 308 g/mol. The maximum Gasteiger partial charge on any atom is 0.252 e. The fraction of sp³-hybridized carbons (Fsp3) is 0.176. The molecule has 2 aromatic rings. The third-order valence-corrected chi connectivity index (χ3v) is 3.21. The van der Waals surface area contributed by atoms with E-state index in [1.54, 1.807) is 42.6 Å². The molecule has 23 heavy (non-hydrogen) atoms. The number of nitrogens with zero attached hydrogens (tertiary/aromatic N) is 3. The summed E-state index contributed by atoms with van der Waals surface area (Å²) in [5.41, 5.74) is 1.58. The van der Waals surface area contributed by atoms with Crippen molar-refractivity contribution in [3.63, 3.8) is 0 Å². The third kappa shape index (κ3) is 4.38. The van der Waals surface area contributed by atoms with E-state index in [-0.39, 0.29) is 11.8 Å². The lowest BCUT2D eigenvalue weighted by atomic mass is 10.2. The van der Waals surface area contributed by atoms with Crippen LogP contribution in [0.2, 0.25) is 0 Å². The Balaban J connectivity index is 1.99. The van der Waals surface area contributed by atoms with Gasteiger partial charge in [-0.3, -0.25) is 14.6 Å². The highest BCUT2D eigenvalue weighted by atomic mass is 16.2. The van der Waals surface area contributed by atoms with Crippen molar-refractivity contribution in [1.29, 1.82) is 5.26 Å². The lowest BCUT2D eigenvalue weighted by Crippen LogP contribution is -2.37. The Morgan fingerprint density at radius 2 is 2.13 bits per heavy atom. The van der Waals surface area contributed by atoms with Gasteiger partial charge in [0, 0.05) is 38.1 Å². The van der Waals surface area contributed by atoms with Gasteiger partial charge in [0.25, 0.3) is 5.91 Å². The van der Waals surface area contributed by atoms with Gasteiger partial charge < -0.3 is 10.2 Å². The largest absolute Gasteiger partial charge is 0.350 e. The average Bonchev–Trinajstić information content (AvgIpc) is 2.59. The van der Waals surface area contributed by atoms with Crippen molar-refractivity contribution in [2.24, 2.45) is 0 Å². The zero-order valence-electron chi connectivity index (χ0n) is 12.7. The molecular weight excluding hydrogens is 292 g/mol. The summed E-state index contributed by atoms with van der Waals surface area (Å²) in [6.45, 7) is 2.06. The summed E-state index contributed by atoms with van der Waals surface area (Å²) in [6, 6.07) is 12.2. The molecule has 1 aromatic carbocycles. The molecule has 0 atom stereocenters. The van der Waals surface area contributed by atoms with E-state index < -0.39 is 0 Å². The molecule has 0 spiro atoms. The van der Waals surface area contributed by atoms with Gasteiger partial charge in [0.05, 0.1) is 17.2 Å². The number of aromatic nitrogens is 1. The molecule has 0 fully saturated rings. The Morgan fingerprint density at radius 1 is 1.30 bits per heavy atom.